The molecule has 2 atom stereocenters. The van der Waals surface area contributed by atoms with Crippen LogP contribution in [0.25, 0.3) is 0 Å². The van der Waals surface area contributed by atoms with E-state index in [0.717, 1.165) is 6.07 Å². The molecule has 1 aromatic rings. The molecular formula is C15H17F3N2O2. The molecule has 2 saturated heterocycles. The van der Waals surface area contributed by atoms with E-state index in [-0.39, 0.29) is 30.0 Å². The van der Waals surface area contributed by atoms with E-state index in [1.807, 2.05) is 0 Å². The molecule has 120 valence electrons. The molecule has 0 bridgehead atoms. The highest BCUT2D eigenvalue weighted by Crippen LogP contribution is 2.32. The lowest BCUT2D eigenvalue weighted by molar-refractivity contribution is -0.143. The van der Waals surface area contributed by atoms with E-state index in [9.17, 15) is 18.0 Å². The first kappa shape index (κ1) is 15.3. The number of hydrogen-bond acceptors (Lipinski definition) is 3. The van der Waals surface area contributed by atoms with Gasteiger partial charge in [0, 0.05) is 19.6 Å². The highest BCUT2D eigenvalue weighted by Gasteiger charge is 2.39. The Balaban J connectivity index is 1.77. The Morgan fingerprint density at radius 3 is 2.86 bits per heavy atom. The molecule has 0 radical (unpaired) electrons. The third kappa shape index (κ3) is 2.96. The Labute approximate surface area is 126 Å². The molecule has 0 spiro atoms. The molecule has 1 aromatic carbocycles. The number of amides is 1. The maximum atomic E-state index is 13.0. The average Bonchev–Trinajstić information content (AvgIpc) is 2.94. The Morgan fingerprint density at radius 2 is 2.09 bits per heavy atom. The monoisotopic (exact) mass is 314 g/mol. The van der Waals surface area contributed by atoms with Crippen LogP contribution in [0.2, 0.25) is 0 Å². The van der Waals surface area contributed by atoms with Gasteiger partial charge in [-0.15, -0.1) is 0 Å². The minimum absolute atomic E-state index is 0.0222. The lowest BCUT2D eigenvalue weighted by Crippen LogP contribution is -2.53. The van der Waals surface area contributed by atoms with Crippen LogP contribution in [0.5, 0.6) is 0 Å². The summed E-state index contributed by atoms with van der Waals surface area (Å²) >= 11 is 0. The van der Waals surface area contributed by atoms with Crippen LogP contribution in [-0.2, 0) is 22.1 Å². The number of rotatable bonds is 2. The van der Waals surface area contributed by atoms with E-state index < -0.39 is 11.7 Å². The SMILES string of the molecule is O=C(Cc1ccccc1C(F)(F)F)N1CCO[C@H]2CNC[C@H]21. The number of fused-ring (bicyclic) bond motifs is 1. The van der Waals surface area contributed by atoms with Crippen molar-refractivity contribution in [2.45, 2.75) is 24.7 Å². The molecule has 2 aliphatic rings. The van der Waals surface area contributed by atoms with Crippen LogP contribution in [0.1, 0.15) is 11.1 Å². The maximum Gasteiger partial charge on any atom is 0.416 e. The van der Waals surface area contributed by atoms with Crippen molar-refractivity contribution in [3.05, 3.63) is 35.4 Å². The van der Waals surface area contributed by atoms with Crippen molar-refractivity contribution < 1.29 is 22.7 Å². The second-order valence-corrected chi connectivity index (χ2v) is 5.55. The molecule has 7 heteroatoms. The minimum atomic E-state index is -4.45. The van der Waals surface area contributed by atoms with Gasteiger partial charge in [-0.05, 0) is 11.6 Å². The standard InChI is InChI=1S/C15H17F3N2O2/c16-15(17,18)11-4-2-1-3-10(11)7-14(21)20-5-6-22-13-9-19-8-12(13)20/h1-4,12-13,19H,5-9H2/t12-,13+/m1/s1. The number of morpholine rings is 1. The van der Waals surface area contributed by atoms with Crippen molar-refractivity contribution >= 4 is 5.91 Å². The smallest absolute Gasteiger partial charge is 0.373 e. The second kappa shape index (κ2) is 5.89. The number of hydrogen-bond donors (Lipinski definition) is 1. The lowest BCUT2D eigenvalue weighted by Gasteiger charge is -2.37. The fraction of sp³-hybridized carbons (Fsp3) is 0.533. The van der Waals surface area contributed by atoms with Gasteiger partial charge in [-0.1, -0.05) is 18.2 Å². The van der Waals surface area contributed by atoms with Crippen LogP contribution in [0.15, 0.2) is 24.3 Å². The van der Waals surface area contributed by atoms with Gasteiger partial charge < -0.3 is 15.0 Å². The molecule has 0 saturated carbocycles. The van der Waals surface area contributed by atoms with E-state index in [0.29, 0.717) is 26.2 Å². The van der Waals surface area contributed by atoms with E-state index in [4.69, 9.17) is 4.74 Å². The molecule has 22 heavy (non-hydrogen) atoms. The molecule has 4 nitrogen and oxygen atoms in total. The summed E-state index contributed by atoms with van der Waals surface area (Å²) in [5, 5.41) is 3.15. The molecule has 2 heterocycles. The van der Waals surface area contributed by atoms with E-state index in [1.54, 1.807) is 4.90 Å². The van der Waals surface area contributed by atoms with Gasteiger partial charge in [-0.2, -0.15) is 13.2 Å². The van der Waals surface area contributed by atoms with Gasteiger partial charge >= 0.3 is 6.18 Å². The first-order valence-electron chi connectivity index (χ1n) is 7.23. The van der Waals surface area contributed by atoms with Crippen molar-refractivity contribution in [3.63, 3.8) is 0 Å². The van der Waals surface area contributed by atoms with E-state index >= 15 is 0 Å². The van der Waals surface area contributed by atoms with Crippen molar-refractivity contribution in [1.82, 2.24) is 10.2 Å². The molecule has 1 amide bonds. The maximum absolute atomic E-state index is 13.0. The van der Waals surface area contributed by atoms with Crippen LogP contribution in [0.4, 0.5) is 13.2 Å². The summed E-state index contributed by atoms with van der Waals surface area (Å²) < 4.78 is 44.6. The molecule has 2 aliphatic heterocycles. The molecule has 2 fully saturated rings. The normalized spacial score (nSPS) is 25.1. The number of nitrogens with one attached hydrogen (secondary N) is 1. The van der Waals surface area contributed by atoms with Crippen LogP contribution in [0.3, 0.4) is 0 Å². The third-order valence-corrected chi connectivity index (χ3v) is 4.18. The number of ether oxygens (including phenoxy) is 1. The van der Waals surface area contributed by atoms with Gasteiger partial charge in [0.2, 0.25) is 5.91 Å². The Hall–Kier alpha value is -1.60. The molecule has 0 unspecified atom stereocenters. The predicted molar refractivity (Wildman–Crippen MR) is 73.3 cm³/mol. The summed E-state index contributed by atoms with van der Waals surface area (Å²) in [6.45, 7) is 2.15. The molecule has 1 N–H and O–H groups in total. The fourth-order valence-electron chi connectivity index (χ4n) is 3.12. The predicted octanol–water partition coefficient (Wildman–Crippen LogP) is 1.45. The highest BCUT2D eigenvalue weighted by molar-refractivity contribution is 5.79. The zero-order valence-corrected chi connectivity index (χ0v) is 11.9. The molecule has 0 aromatic heterocycles. The van der Waals surface area contributed by atoms with Gasteiger partial charge in [-0.3, -0.25) is 4.79 Å². The summed E-state index contributed by atoms with van der Waals surface area (Å²) in [6, 6.07) is 5.16. The minimum Gasteiger partial charge on any atom is -0.373 e. The number of carbonyl (C=O) groups excluding carboxylic acids is 1. The van der Waals surface area contributed by atoms with Gasteiger partial charge in [0.05, 0.1) is 30.7 Å². The number of carbonyl (C=O) groups is 1. The van der Waals surface area contributed by atoms with E-state index in [1.165, 1.54) is 18.2 Å². The van der Waals surface area contributed by atoms with E-state index in [2.05, 4.69) is 5.32 Å². The third-order valence-electron chi connectivity index (χ3n) is 4.18. The van der Waals surface area contributed by atoms with Crippen molar-refractivity contribution in [2.24, 2.45) is 0 Å². The van der Waals surface area contributed by atoms with Gasteiger partial charge in [0.1, 0.15) is 0 Å². The largest absolute Gasteiger partial charge is 0.416 e. The quantitative estimate of drug-likeness (QED) is 0.898. The Kier molecular flexibility index (Phi) is 4.10. The molecule has 0 aliphatic carbocycles. The Bertz CT molecular complexity index is 562. The van der Waals surface area contributed by atoms with Gasteiger partial charge in [0.25, 0.3) is 0 Å². The first-order chi connectivity index (χ1) is 10.5. The van der Waals surface area contributed by atoms with Crippen molar-refractivity contribution in [1.29, 1.82) is 0 Å². The van der Waals surface area contributed by atoms with Gasteiger partial charge in [-0.25, -0.2) is 0 Å². The van der Waals surface area contributed by atoms with Crippen molar-refractivity contribution in [3.8, 4) is 0 Å². The molecule has 3 rings (SSSR count). The zero-order chi connectivity index (χ0) is 15.7. The van der Waals surface area contributed by atoms with Crippen LogP contribution >= 0.6 is 0 Å². The Morgan fingerprint density at radius 1 is 1.32 bits per heavy atom. The fourth-order valence-corrected chi connectivity index (χ4v) is 3.12. The summed E-state index contributed by atoms with van der Waals surface area (Å²) in [7, 11) is 0. The number of benzene rings is 1. The number of nitrogens with zero attached hydrogens (tertiary/aromatic N) is 1. The summed E-state index contributed by atoms with van der Waals surface area (Å²) in [6.07, 6.45) is -4.74. The van der Waals surface area contributed by atoms with Gasteiger partial charge in [0.15, 0.2) is 0 Å². The summed E-state index contributed by atoms with van der Waals surface area (Å²) in [5.41, 5.74) is -0.716. The topological polar surface area (TPSA) is 41.6 Å². The zero-order valence-electron chi connectivity index (χ0n) is 11.9. The van der Waals surface area contributed by atoms with Crippen LogP contribution in [0, 0.1) is 0 Å². The second-order valence-electron chi connectivity index (χ2n) is 5.55. The first-order valence-corrected chi connectivity index (χ1v) is 7.23. The number of halogens is 3. The summed E-state index contributed by atoms with van der Waals surface area (Å²) in [4.78, 5) is 14.1. The summed E-state index contributed by atoms with van der Waals surface area (Å²) in [5.74, 6) is -0.279. The number of alkyl halides is 3. The van der Waals surface area contributed by atoms with Crippen molar-refractivity contribution in [2.75, 3.05) is 26.2 Å². The highest BCUT2D eigenvalue weighted by atomic mass is 19.4. The molecular weight excluding hydrogens is 297 g/mol. The van der Waals surface area contributed by atoms with Crippen LogP contribution < -0.4 is 5.32 Å². The van der Waals surface area contributed by atoms with Crippen LogP contribution in [-0.4, -0.2) is 49.2 Å². The lowest BCUT2D eigenvalue weighted by atomic mass is 10.0. The average molecular weight is 314 g/mol.